The molecule has 0 amide bonds. The Morgan fingerprint density at radius 3 is 2.57 bits per heavy atom. The number of hydrogen-bond donors (Lipinski definition) is 2. The van der Waals surface area contributed by atoms with Gasteiger partial charge in [0.2, 0.25) is 0 Å². The van der Waals surface area contributed by atoms with E-state index < -0.39 is 0 Å². The number of nitrogens with two attached hydrogens (primary N) is 1. The molecule has 0 spiro atoms. The molecular formula is C16H26N4O. The van der Waals surface area contributed by atoms with Crippen molar-refractivity contribution >= 4 is 11.6 Å². The quantitative estimate of drug-likeness (QED) is 0.597. The first kappa shape index (κ1) is 15.6. The Morgan fingerprint density at radius 2 is 2.05 bits per heavy atom. The van der Waals surface area contributed by atoms with Gasteiger partial charge in [-0.05, 0) is 51.0 Å². The fourth-order valence-corrected chi connectivity index (χ4v) is 2.42. The zero-order chi connectivity index (χ0) is 15.2. The number of ether oxygens (including phenoxy) is 1. The summed E-state index contributed by atoms with van der Waals surface area (Å²) in [5.74, 6) is 1.28. The van der Waals surface area contributed by atoms with Gasteiger partial charge in [-0.1, -0.05) is 0 Å². The molecule has 1 aliphatic carbocycles. The van der Waals surface area contributed by atoms with Crippen LogP contribution >= 0.6 is 0 Å². The number of nitrogens with one attached hydrogen (secondary N) is 1. The van der Waals surface area contributed by atoms with Crippen molar-refractivity contribution in [1.82, 2.24) is 4.90 Å². The lowest BCUT2D eigenvalue weighted by Crippen LogP contribution is -2.35. The van der Waals surface area contributed by atoms with E-state index in [0.29, 0.717) is 12.0 Å². The summed E-state index contributed by atoms with van der Waals surface area (Å²) in [6, 6.07) is 8.96. The first-order chi connectivity index (χ1) is 10.1. The lowest BCUT2D eigenvalue weighted by Gasteiger charge is -2.25. The highest BCUT2D eigenvalue weighted by molar-refractivity contribution is 5.92. The molecular weight excluding hydrogens is 264 g/mol. The molecule has 1 saturated carbocycles. The molecule has 0 aromatic heterocycles. The van der Waals surface area contributed by atoms with Crippen LogP contribution in [-0.4, -0.2) is 43.1 Å². The summed E-state index contributed by atoms with van der Waals surface area (Å²) in [5.41, 5.74) is 6.84. The average molecular weight is 290 g/mol. The third-order valence-electron chi connectivity index (χ3n) is 3.68. The number of methoxy groups -OCH3 is 1. The van der Waals surface area contributed by atoms with Crippen molar-refractivity contribution in [3.8, 4) is 5.75 Å². The maximum Gasteiger partial charge on any atom is 0.193 e. The van der Waals surface area contributed by atoms with Gasteiger partial charge in [0.25, 0.3) is 0 Å². The number of hydrogen-bond acceptors (Lipinski definition) is 3. The number of aliphatic imine (C=N–C) groups is 1. The molecule has 0 heterocycles. The summed E-state index contributed by atoms with van der Waals surface area (Å²) in [4.78, 5) is 6.91. The van der Waals surface area contributed by atoms with Crippen LogP contribution in [0.5, 0.6) is 5.75 Å². The van der Waals surface area contributed by atoms with E-state index in [4.69, 9.17) is 10.5 Å². The van der Waals surface area contributed by atoms with E-state index >= 15 is 0 Å². The van der Waals surface area contributed by atoms with Gasteiger partial charge in [-0.3, -0.25) is 9.89 Å². The number of anilines is 1. The van der Waals surface area contributed by atoms with Crippen molar-refractivity contribution < 1.29 is 4.74 Å². The summed E-state index contributed by atoms with van der Waals surface area (Å²) in [6.07, 6.45) is 2.64. The minimum Gasteiger partial charge on any atom is -0.497 e. The molecule has 0 aliphatic heterocycles. The van der Waals surface area contributed by atoms with Crippen LogP contribution in [0.3, 0.4) is 0 Å². The molecule has 1 aromatic carbocycles. The van der Waals surface area contributed by atoms with Gasteiger partial charge >= 0.3 is 0 Å². The smallest absolute Gasteiger partial charge is 0.193 e. The number of nitrogens with zero attached hydrogens (tertiary/aromatic N) is 2. The summed E-state index contributed by atoms with van der Waals surface area (Å²) in [6.45, 7) is 6.17. The van der Waals surface area contributed by atoms with Crippen molar-refractivity contribution in [2.75, 3.05) is 25.5 Å². The Kier molecular flexibility index (Phi) is 5.44. The van der Waals surface area contributed by atoms with E-state index in [1.165, 1.54) is 12.8 Å². The molecule has 0 bridgehead atoms. The predicted molar refractivity (Wildman–Crippen MR) is 88.0 cm³/mol. The molecule has 0 atom stereocenters. The van der Waals surface area contributed by atoms with Gasteiger partial charge in [0.05, 0.1) is 13.7 Å². The van der Waals surface area contributed by atoms with Crippen molar-refractivity contribution in [2.45, 2.75) is 38.8 Å². The van der Waals surface area contributed by atoms with Crippen molar-refractivity contribution in [2.24, 2.45) is 10.7 Å². The first-order valence-electron chi connectivity index (χ1n) is 7.57. The van der Waals surface area contributed by atoms with Crippen LogP contribution in [0, 0.1) is 0 Å². The molecule has 1 aromatic rings. The minimum absolute atomic E-state index is 0.458. The van der Waals surface area contributed by atoms with Crippen molar-refractivity contribution in [3.63, 3.8) is 0 Å². The fourth-order valence-electron chi connectivity index (χ4n) is 2.42. The average Bonchev–Trinajstić information content (AvgIpc) is 3.28. The van der Waals surface area contributed by atoms with Gasteiger partial charge in [0.1, 0.15) is 5.75 Å². The first-order valence-corrected chi connectivity index (χ1v) is 7.57. The molecule has 1 fully saturated rings. The summed E-state index contributed by atoms with van der Waals surface area (Å²) < 4.78 is 5.12. The summed E-state index contributed by atoms with van der Waals surface area (Å²) >= 11 is 0. The highest BCUT2D eigenvalue weighted by Crippen LogP contribution is 2.28. The van der Waals surface area contributed by atoms with Crippen LogP contribution in [0.4, 0.5) is 5.69 Å². The predicted octanol–water partition coefficient (Wildman–Crippen LogP) is 2.29. The number of guanidine groups is 1. The minimum atomic E-state index is 0.458. The largest absolute Gasteiger partial charge is 0.497 e. The molecule has 2 rings (SSSR count). The van der Waals surface area contributed by atoms with Crippen LogP contribution < -0.4 is 15.8 Å². The molecule has 3 N–H and O–H groups in total. The highest BCUT2D eigenvalue weighted by atomic mass is 16.5. The van der Waals surface area contributed by atoms with Gasteiger partial charge in [-0.15, -0.1) is 0 Å². The van der Waals surface area contributed by atoms with E-state index in [2.05, 4.69) is 29.1 Å². The van der Waals surface area contributed by atoms with Crippen molar-refractivity contribution in [3.05, 3.63) is 24.3 Å². The van der Waals surface area contributed by atoms with Crippen molar-refractivity contribution in [1.29, 1.82) is 0 Å². The maximum absolute atomic E-state index is 5.92. The molecule has 5 heteroatoms. The standard InChI is InChI=1S/C16H26N4O/c1-12(2)20(14-6-7-14)11-10-18-16(17)19-13-4-8-15(21-3)9-5-13/h4-5,8-9,12,14H,6-7,10-11H2,1-3H3,(H3,17,18,19). The Morgan fingerprint density at radius 1 is 1.38 bits per heavy atom. The molecule has 1 aliphatic rings. The Balaban J connectivity index is 1.80. The van der Waals surface area contributed by atoms with Crippen LogP contribution in [0.1, 0.15) is 26.7 Å². The van der Waals surface area contributed by atoms with E-state index in [9.17, 15) is 0 Å². The van der Waals surface area contributed by atoms with E-state index in [-0.39, 0.29) is 0 Å². The van der Waals surface area contributed by atoms with Crippen LogP contribution in [0.25, 0.3) is 0 Å². The highest BCUT2D eigenvalue weighted by Gasteiger charge is 2.29. The van der Waals surface area contributed by atoms with Crippen LogP contribution in [-0.2, 0) is 0 Å². The van der Waals surface area contributed by atoms with E-state index in [1.807, 2.05) is 24.3 Å². The third kappa shape index (κ3) is 4.93. The molecule has 0 unspecified atom stereocenters. The lowest BCUT2D eigenvalue weighted by molar-refractivity contribution is 0.218. The van der Waals surface area contributed by atoms with Crippen LogP contribution in [0.15, 0.2) is 29.3 Å². The molecule has 5 nitrogen and oxygen atoms in total. The SMILES string of the molecule is COc1ccc(NC(N)=NCCN(C(C)C)C2CC2)cc1. The Hall–Kier alpha value is -1.75. The van der Waals surface area contributed by atoms with Gasteiger partial charge < -0.3 is 15.8 Å². The zero-order valence-electron chi connectivity index (χ0n) is 13.2. The third-order valence-corrected chi connectivity index (χ3v) is 3.68. The Bertz CT molecular complexity index is 464. The second-order valence-electron chi connectivity index (χ2n) is 5.68. The molecule has 0 radical (unpaired) electrons. The summed E-state index contributed by atoms with van der Waals surface area (Å²) in [5, 5.41) is 3.09. The number of benzene rings is 1. The Labute approximate surface area is 127 Å². The van der Waals surface area contributed by atoms with Gasteiger partial charge in [-0.2, -0.15) is 0 Å². The maximum atomic E-state index is 5.92. The normalized spacial score (nSPS) is 15.6. The van der Waals surface area contributed by atoms with Gasteiger partial charge in [0, 0.05) is 24.3 Å². The van der Waals surface area contributed by atoms with Gasteiger partial charge in [-0.25, -0.2) is 0 Å². The molecule has 116 valence electrons. The topological polar surface area (TPSA) is 62.9 Å². The van der Waals surface area contributed by atoms with E-state index in [1.54, 1.807) is 7.11 Å². The zero-order valence-corrected chi connectivity index (χ0v) is 13.2. The summed E-state index contributed by atoms with van der Waals surface area (Å²) in [7, 11) is 1.65. The second-order valence-corrected chi connectivity index (χ2v) is 5.68. The fraction of sp³-hybridized carbons (Fsp3) is 0.562. The van der Waals surface area contributed by atoms with Crippen LogP contribution in [0.2, 0.25) is 0 Å². The molecule has 0 saturated heterocycles. The second kappa shape index (κ2) is 7.31. The monoisotopic (exact) mass is 290 g/mol. The van der Waals surface area contributed by atoms with Gasteiger partial charge in [0.15, 0.2) is 5.96 Å². The van der Waals surface area contributed by atoms with E-state index in [0.717, 1.165) is 30.6 Å². The molecule has 21 heavy (non-hydrogen) atoms. The lowest BCUT2D eigenvalue weighted by atomic mass is 10.3. The number of rotatable bonds is 7.